The lowest BCUT2D eigenvalue weighted by molar-refractivity contribution is 0.253. The summed E-state index contributed by atoms with van der Waals surface area (Å²) >= 11 is 0. The molecule has 3 heteroatoms. The predicted octanol–water partition coefficient (Wildman–Crippen LogP) is 4.79. The summed E-state index contributed by atoms with van der Waals surface area (Å²) in [7, 11) is 2.12. The molecule has 1 atom stereocenters. The van der Waals surface area contributed by atoms with Gasteiger partial charge in [0, 0.05) is 30.5 Å². The second-order valence-corrected chi connectivity index (χ2v) is 6.36. The van der Waals surface area contributed by atoms with E-state index in [2.05, 4.69) is 66.2 Å². The number of anilines is 2. The molecule has 0 saturated carbocycles. The largest absolute Gasteiger partial charge is 0.329 e. The second kappa shape index (κ2) is 7.60. The molecule has 2 heterocycles. The predicted molar refractivity (Wildman–Crippen MR) is 97.2 cm³/mol. The van der Waals surface area contributed by atoms with Crippen molar-refractivity contribution in [3.8, 4) is 0 Å². The zero-order chi connectivity index (χ0) is 16.1. The summed E-state index contributed by atoms with van der Waals surface area (Å²) in [6, 6.07) is 15.3. The number of hydrogen-bond donors (Lipinski definition) is 0. The van der Waals surface area contributed by atoms with Gasteiger partial charge in [-0.05, 0) is 50.6 Å². The van der Waals surface area contributed by atoms with Gasteiger partial charge in [0.2, 0.25) is 0 Å². The molecule has 1 aliphatic rings. The summed E-state index contributed by atoms with van der Waals surface area (Å²) in [5.74, 6) is 1.09. The number of para-hydroxylation sites is 1. The van der Waals surface area contributed by atoms with Gasteiger partial charge in [-0.2, -0.15) is 0 Å². The average molecular weight is 309 g/mol. The van der Waals surface area contributed by atoms with Crippen molar-refractivity contribution in [1.29, 1.82) is 0 Å². The Bertz CT molecular complexity index is 611. The molecule has 0 aliphatic carbocycles. The van der Waals surface area contributed by atoms with Crippen molar-refractivity contribution in [2.45, 2.75) is 38.6 Å². The molecule has 1 saturated heterocycles. The van der Waals surface area contributed by atoms with Gasteiger partial charge < -0.3 is 4.90 Å². The quantitative estimate of drug-likeness (QED) is 0.765. The Morgan fingerprint density at radius 1 is 1.17 bits per heavy atom. The summed E-state index contributed by atoms with van der Waals surface area (Å²) in [4.78, 5) is 9.57. The van der Waals surface area contributed by atoms with Crippen molar-refractivity contribution in [3.63, 3.8) is 0 Å². The molecule has 1 unspecified atom stereocenters. The first kappa shape index (κ1) is 16.0. The topological polar surface area (TPSA) is 19.4 Å². The minimum atomic E-state index is 0.511. The first-order valence-corrected chi connectivity index (χ1v) is 8.79. The van der Waals surface area contributed by atoms with Gasteiger partial charge in [-0.25, -0.2) is 4.98 Å². The highest BCUT2D eigenvalue weighted by Gasteiger charge is 2.28. The Kier molecular flexibility index (Phi) is 5.29. The van der Waals surface area contributed by atoms with Crippen LogP contribution in [0, 0.1) is 0 Å². The van der Waals surface area contributed by atoms with Gasteiger partial charge in [-0.3, -0.25) is 4.90 Å². The van der Waals surface area contributed by atoms with Crippen molar-refractivity contribution in [1.82, 2.24) is 9.88 Å². The molecule has 1 aromatic carbocycles. The van der Waals surface area contributed by atoms with E-state index in [4.69, 9.17) is 4.98 Å². The number of pyridine rings is 1. The monoisotopic (exact) mass is 309 g/mol. The number of unbranched alkanes of at least 4 members (excludes halogenated alkanes) is 1. The maximum absolute atomic E-state index is 4.71. The van der Waals surface area contributed by atoms with Crippen LogP contribution in [0.25, 0.3) is 0 Å². The number of benzene rings is 1. The van der Waals surface area contributed by atoms with Crippen LogP contribution in [0.1, 0.15) is 44.2 Å². The zero-order valence-electron chi connectivity index (χ0n) is 14.3. The van der Waals surface area contributed by atoms with Gasteiger partial charge >= 0.3 is 0 Å². The lowest BCUT2D eigenvalue weighted by atomic mass is 10.0. The summed E-state index contributed by atoms with van der Waals surface area (Å²) in [5.41, 5.74) is 2.55. The van der Waals surface area contributed by atoms with Gasteiger partial charge in [0.15, 0.2) is 0 Å². The van der Waals surface area contributed by atoms with Gasteiger partial charge in [0.25, 0.3) is 0 Å². The molecule has 1 aliphatic heterocycles. The Balaban J connectivity index is 1.88. The van der Waals surface area contributed by atoms with E-state index < -0.39 is 0 Å². The summed E-state index contributed by atoms with van der Waals surface area (Å²) in [5, 5.41) is 0. The third-order valence-corrected chi connectivity index (χ3v) is 4.80. The molecule has 122 valence electrons. The van der Waals surface area contributed by atoms with Crippen LogP contribution in [-0.4, -0.2) is 30.0 Å². The fourth-order valence-corrected chi connectivity index (χ4v) is 3.53. The number of likely N-dealkylation sites (tertiary alicyclic amines) is 1. The fourth-order valence-electron chi connectivity index (χ4n) is 3.53. The van der Waals surface area contributed by atoms with Crippen molar-refractivity contribution < 1.29 is 0 Å². The van der Waals surface area contributed by atoms with Crippen LogP contribution in [0.4, 0.5) is 11.5 Å². The van der Waals surface area contributed by atoms with E-state index in [0.717, 1.165) is 5.82 Å². The van der Waals surface area contributed by atoms with Crippen molar-refractivity contribution >= 4 is 11.5 Å². The third kappa shape index (κ3) is 3.56. The molecule has 0 amide bonds. The van der Waals surface area contributed by atoms with E-state index >= 15 is 0 Å². The molecule has 2 aromatic rings. The highest BCUT2D eigenvalue weighted by atomic mass is 15.2. The number of rotatable bonds is 6. The smallest absolute Gasteiger partial charge is 0.137 e. The molecular formula is C20H27N3. The van der Waals surface area contributed by atoms with Crippen LogP contribution >= 0.6 is 0 Å². The number of nitrogens with zero attached hydrogens (tertiary/aromatic N) is 3. The Hall–Kier alpha value is -1.87. The van der Waals surface area contributed by atoms with Crippen molar-refractivity contribution in [2.75, 3.05) is 25.0 Å². The van der Waals surface area contributed by atoms with E-state index in [-0.39, 0.29) is 0 Å². The van der Waals surface area contributed by atoms with E-state index in [0.29, 0.717) is 6.04 Å². The molecule has 0 bridgehead atoms. The maximum atomic E-state index is 4.71. The average Bonchev–Trinajstić information content (AvgIpc) is 3.08. The molecule has 23 heavy (non-hydrogen) atoms. The molecule has 3 rings (SSSR count). The number of aromatic nitrogens is 1. The molecule has 0 N–H and O–H groups in total. The van der Waals surface area contributed by atoms with Crippen LogP contribution in [0.3, 0.4) is 0 Å². The minimum Gasteiger partial charge on any atom is -0.329 e. The first-order valence-electron chi connectivity index (χ1n) is 8.79. The first-order chi connectivity index (χ1) is 11.3. The SMILES string of the molecule is CCCCN1CCCC1c1cccnc1N(C)c1ccccc1. The molecular weight excluding hydrogens is 282 g/mol. The van der Waals surface area contributed by atoms with Crippen molar-refractivity contribution in [3.05, 3.63) is 54.2 Å². The van der Waals surface area contributed by atoms with Crippen molar-refractivity contribution in [2.24, 2.45) is 0 Å². The molecule has 1 aromatic heterocycles. The number of hydrogen-bond acceptors (Lipinski definition) is 3. The second-order valence-electron chi connectivity index (χ2n) is 6.36. The summed E-state index contributed by atoms with van der Waals surface area (Å²) in [6.45, 7) is 4.68. The summed E-state index contributed by atoms with van der Waals surface area (Å²) < 4.78 is 0. The van der Waals surface area contributed by atoms with Gasteiger partial charge in [0.05, 0.1) is 0 Å². The van der Waals surface area contributed by atoms with Crippen LogP contribution in [0.2, 0.25) is 0 Å². The molecule has 0 spiro atoms. The van der Waals surface area contributed by atoms with E-state index in [9.17, 15) is 0 Å². The van der Waals surface area contributed by atoms with E-state index in [1.54, 1.807) is 0 Å². The van der Waals surface area contributed by atoms with E-state index in [1.807, 2.05) is 6.20 Å². The normalized spacial score (nSPS) is 18.3. The Labute approximate surface area is 140 Å². The van der Waals surface area contributed by atoms with E-state index in [1.165, 1.54) is 50.0 Å². The zero-order valence-corrected chi connectivity index (χ0v) is 14.3. The Morgan fingerprint density at radius 3 is 2.78 bits per heavy atom. The fraction of sp³-hybridized carbons (Fsp3) is 0.450. The van der Waals surface area contributed by atoms with Gasteiger partial charge in [-0.15, -0.1) is 0 Å². The molecule has 0 radical (unpaired) electrons. The Morgan fingerprint density at radius 2 is 2.00 bits per heavy atom. The highest BCUT2D eigenvalue weighted by Crippen LogP contribution is 2.37. The molecule has 3 nitrogen and oxygen atoms in total. The lowest BCUT2D eigenvalue weighted by Gasteiger charge is -2.29. The van der Waals surface area contributed by atoms with Crippen LogP contribution < -0.4 is 4.90 Å². The standard InChI is InChI=1S/C20H27N3/c1-3-4-15-23-16-9-13-19(23)18-12-8-14-21-20(18)22(2)17-10-6-5-7-11-17/h5-8,10-12,14,19H,3-4,9,13,15-16H2,1-2H3. The minimum absolute atomic E-state index is 0.511. The summed E-state index contributed by atoms with van der Waals surface area (Å²) in [6.07, 6.45) is 6.97. The highest BCUT2D eigenvalue weighted by molar-refractivity contribution is 5.62. The van der Waals surface area contributed by atoms with Crippen LogP contribution in [0.5, 0.6) is 0 Å². The maximum Gasteiger partial charge on any atom is 0.137 e. The lowest BCUT2D eigenvalue weighted by Crippen LogP contribution is -2.26. The third-order valence-electron chi connectivity index (χ3n) is 4.80. The van der Waals surface area contributed by atoms with Gasteiger partial charge in [-0.1, -0.05) is 37.6 Å². The van der Waals surface area contributed by atoms with Gasteiger partial charge in [0.1, 0.15) is 5.82 Å². The van der Waals surface area contributed by atoms with Crippen LogP contribution in [0.15, 0.2) is 48.7 Å². The van der Waals surface area contributed by atoms with Crippen LogP contribution in [-0.2, 0) is 0 Å². The molecule has 1 fully saturated rings.